The molecule has 3 aromatic rings. The van der Waals surface area contributed by atoms with Gasteiger partial charge in [0.1, 0.15) is 0 Å². The number of hydrogen-bond acceptors (Lipinski definition) is 4. The Morgan fingerprint density at radius 1 is 1.07 bits per heavy atom. The van der Waals surface area contributed by atoms with Crippen LogP contribution in [0.4, 0.5) is 16.5 Å². The van der Waals surface area contributed by atoms with Gasteiger partial charge in [0.15, 0.2) is 5.13 Å². The number of unbranched alkanes of at least 4 members (excludes halogenated alkanes) is 3. The lowest BCUT2D eigenvalue weighted by atomic mass is 10.1. The molecule has 1 amide bonds. The fourth-order valence-corrected chi connectivity index (χ4v) is 3.72. The molecule has 0 unspecified atom stereocenters. The number of carbonyl (C=O) groups is 1. The minimum absolute atomic E-state index is 0.0729. The predicted octanol–water partition coefficient (Wildman–Crippen LogP) is 7.12. The lowest BCUT2D eigenvalue weighted by Gasteiger charge is -2.06. The second-order valence-electron chi connectivity index (χ2n) is 6.58. The highest BCUT2D eigenvalue weighted by atomic mass is 35.5. The average Bonchev–Trinajstić information content (AvgIpc) is 3.16. The summed E-state index contributed by atoms with van der Waals surface area (Å²) in [6.07, 6.45) is 4.98. The molecule has 4 nitrogen and oxygen atoms in total. The number of amides is 1. The zero-order valence-electron chi connectivity index (χ0n) is 15.9. The molecule has 0 aliphatic rings. The molecule has 0 aliphatic carbocycles. The van der Waals surface area contributed by atoms with Crippen molar-refractivity contribution in [2.24, 2.45) is 0 Å². The molecule has 2 aromatic carbocycles. The van der Waals surface area contributed by atoms with Crippen LogP contribution in [0.3, 0.4) is 0 Å². The lowest BCUT2D eigenvalue weighted by Crippen LogP contribution is -2.10. The van der Waals surface area contributed by atoms with E-state index in [1.54, 1.807) is 0 Å². The SMILES string of the molecule is CCCCCCC(=O)Nc1ccc(-c2csc(Nc3ccccc3Cl)n2)cc1. The van der Waals surface area contributed by atoms with Gasteiger partial charge in [-0.25, -0.2) is 4.98 Å². The van der Waals surface area contributed by atoms with Gasteiger partial charge < -0.3 is 10.6 Å². The molecule has 0 bridgehead atoms. The smallest absolute Gasteiger partial charge is 0.224 e. The zero-order valence-corrected chi connectivity index (χ0v) is 17.4. The molecule has 1 aromatic heterocycles. The summed E-state index contributed by atoms with van der Waals surface area (Å²) in [4.78, 5) is 16.6. The third-order valence-corrected chi connectivity index (χ3v) is 5.43. The summed E-state index contributed by atoms with van der Waals surface area (Å²) in [6, 6.07) is 15.4. The third-order valence-electron chi connectivity index (χ3n) is 4.34. The molecule has 6 heteroatoms. The number of anilines is 3. The number of halogens is 1. The van der Waals surface area contributed by atoms with Crippen LogP contribution in [0.15, 0.2) is 53.9 Å². The Morgan fingerprint density at radius 3 is 2.61 bits per heavy atom. The molecule has 0 radical (unpaired) electrons. The minimum atomic E-state index is 0.0729. The largest absolute Gasteiger partial charge is 0.330 e. The Bertz CT molecular complexity index is 908. The fourth-order valence-electron chi connectivity index (χ4n) is 2.80. The molecule has 0 aliphatic heterocycles. The van der Waals surface area contributed by atoms with Crippen LogP contribution in [0.2, 0.25) is 5.02 Å². The second kappa shape index (κ2) is 10.2. The normalized spacial score (nSPS) is 10.6. The van der Waals surface area contributed by atoms with Gasteiger partial charge in [-0.1, -0.05) is 62.1 Å². The van der Waals surface area contributed by atoms with E-state index < -0.39 is 0 Å². The highest BCUT2D eigenvalue weighted by molar-refractivity contribution is 7.14. The van der Waals surface area contributed by atoms with Crippen molar-refractivity contribution in [1.29, 1.82) is 0 Å². The maximum absolute atomic E-state index is 12.0. The maximum atomic E-state index is 12.0. The molecule has 0 fully saturated rings. The topological polar surface area (TPSA) is 54.0 Å². The number of nitrogens with one attached hydrogen (secondary N) is 2. The van der Waals surface area contributed by atoms with E-state index in [2.05, 4.69) is 22.5 Å². The van der Waals surface area contributed by atoms with Gasteiger partial charge in [-0.05, 0) is 30.7 Å². The van der Waals surface area contributed by atoms with Crippen molar-refractivity contribution in [2.75, 3.05) is 10.6 Å². The van der Waals surface area contributed by atoms with Crippen molar-refractivity contribution >= 4 is 45.4 Å². The summed E-state index contributed by atoms with van der Waals surface area (Å²) in [5, 5.41) is 9.65. The molecule has 3 rings (SSSR count). The van der Waals surface area contributed by atoms with Gasteiger partial charge >= 0.3 is 0 Å². The van der Waals surface area contributed by atoms with Gasteiger partial charge in [0, 0.05) is 23.1 Å². The first-order chi connectivity index (χ1) is 13.7. The monoisotopic (exact) mass is 413 g/mol. The van der Waals surface area contributed by atoms with Crippen LogP contribution < -0.4 is 10.6 Å². The first-order valence-electron chi connectivity index (χ1n) is 9.53. The first kappa shape index (κ1) is 20.4. The standard InChI is InChI=1S/C22H24ClN3OS/c1-2-3-4-5-10-21(27)24-17-13-11-16(12-14-17)20-15-28-22(26-20)25-19-9-7-6-8-18(19)23/h6-9,11-15H,2-5,10H2,1H3,(H,24,27)(H,25,26). The van der Waals surface area contributed by atoms with Gasteiger partial charge in [0.25, 0.3) is 0 Å². The Morgan fingerprint density at radius 2 is 1.86 bits per heavy atom. The first-order valence-corrected chi connectivity index (χ1v) is 10.8. The maximum Gasteiger partial charge on any atom is 0.224 e. The minimum Gasteiger partial charge on any atom is -0.330 e. The van der Waals surface area contributed by atoms with Gasteiger partial charge in [-0.3, -0.25) is 4.79 Å². The van der Waals surface area contributed by atoms with E-state index in [0.29, 0.717) is 11.4 Å². The molecular formula is C22H24ClN3OS. The van der Waals surface area contributed by atoms with Crippen LogP contribution in [-0.2, 0) is 4.79 Å². The Balaban J connectivity index is 1.57. The number of aromatic nitrogens is 1. The van der Waals surface area contributed by atoms with E-state index in [1.165, 1.54) is 24.2 Å². The lowest BCUT2D eigenvalue weighted by molar-refractivity contribution is -0.116. The van der Waals surface area contributed by atoms with Crippen molar-refractivity contribution in [3.63, 3.8) is 0 Å². The number of para-hydroxylation sites is 1. The molecule has 0 saturated heterocycles. The summed E-state index contributed by atoms with van der Waals surface area (Å²) in [5.74, 6) is 0.0729. The van der Waals surface area contributed by atoms with E-state index in [9.17, 15) is 4.79 Å². The van der Waals surface area contributed by atoms with Crippen molar-refractivity contribution in [3.8, 4) is 11.3 Å². The molecule has 2 N–H and O–H groups in total. The molecule has 146 valence electrons. The van der Waals surface area contributed by atoms with Gasteiger partial charge in [-0.2, -0.15) is 0 Å². The summed E-state index contributed by atoms with van der Waals surface area (Å²) in [6.45, 7) is 2.17. The van der Waals surface area contributed by atoms with Crippen LogP contribution in [0.5, 0.6) is 0 Å². The average molecular weight is 414 g/mol. The number of benzene rings is 2. The highest BCUT2D eigenvalue weighted by Crippen LogP contribution is 2.30. The molecule has 0 atom stereocenters. The van der Waals surface area contributed by atoms with Crippen molar-refractivity contribution < 1.29 is 4.79 Å². The number of thiazole rings is 1. The highest BCUT2D eigenvalue weighted by Gasteiger charge is 2.08. The predicted molar refractivity (Wildman–Crippen MR) is 120 cm³/mol. The van der Waals surface area contributed by atoms with Crippen LogP contribution in [0.1, 0.15) is 39.0 Å². The number of nitrogens with zero attached hydrogens (tertiary/aromatic N) is 1. The molecule has 28 heavy (non-hydrogen) atoms. The number of carbonyl (C=O) groups excluding carboxylic acids is 1. The Hall–Kier alpha value is -2.37. The molecular weight excluding hydrogens is 390 g/mol. The zero-order chi connectivity index (χ0) is 19.8. The van der Waals surface area contributed by atoms with Crippen LogP contribution in [0.25, 0.3) is 11.3 Å². The summed E-state index contributed by atoms with van der Waals surface area (Å²) < 4.78 is 0. The second-order valence-corrected chi connectivity index (χ2v) is 7.84. The molecule has 0 spiro atoms. The van der Waals surface area contributed by atoms with E-state index >= 15 is 0 Å². The Labute approximate surface area is 175 Å². The van der Waals surface area contributed by atoms with Crippen LogP contribution in [0, 0.1) is 0 Å². The number of rotatable bonds is 9. The van der Waals surface area contributed by atoms with Gasteiger partial charge in [-0.15, -0.1) is 11.3 Å². The van der Waals surface area contributed by atoms with Crippen molar-refractivity contribution in [1.82, 2.24) is 4.98 Å². The summed E-state index contributed by atoms with van der Waals surface area (Å²) >= 11 is 7.71. The fraction of sp³-hybridized carbons (Fsp3) is 0.273. The number of hydrogen-bond donors (Lipinski definition) is 2. The molecule has 1 heterocycles. The van der Waals surface area contributed by atoms with Crippen LogP contribution >= 0.6 is 22.9 Å². The molecule has 0 saturated carbocycles. The van der Waals surface area contributed by atoms with Gasteiger partial charge in [0.2, 0.25) is 5.91 Å². The van der Waals surface area contributed by atoms with Gasteiger partial charge in [0.05, 0.1) is 16.4 Å². The Kier molecular flexibility index (Phi) is 7.46. The summed E-state index contributed by atoms with van der Waals surface area (Å²) in [7, 11) is 0. The van der Waals surface area contributed by atoms with Crippen molar-refractivity contribution in [3.05, 3.63) is 58.9 Å². The van der Waals surface area contributed by atoms with Crippen molar-refractivity contribution in [2.45, 2.75) is 39.0 Å². The van der Waals surface area contributed by atoms with Crippen LogP contribution in [-0.4, -0.2) is 10.9 Å². The summed E-state index contributed by atoms with van der Waals surface area (Å²) in [5.41, 5.74) is 3.54. The van der Waals surface area contributed by atoms with E-state index in [4.69, 9.17) is 11.6 Å². The third kappa shape index (κ3) is 5.81. The van der Waals surface area contributed by atoms with E-state index in [1.807, 2.05) is 53.9 Å². The quantitative estimate of drug-likeness (QED) is 0.367. The van der Waals surface area contributed by atoms with E-state index in [-0.39, 0.29) is 5.91 Å². The van der Waals surface area contributed by atoms with E-state index in [0.717, 1.165) is 40.6 Å².